The predicted molar refractivity (Wildman–Crippen MR) is 102 cm³/mol. The molecule has 0 fully saturated rings. The number of ketones is 1. The fourth-order valence-corrected chi connectivity index (χ4v) is 3.47. The number of benzene rings is 1. The van der Waals surface area contributed by atoms with Gasteiger partial charge in [0.15, 0.2) is 16.7 Å². The Morgan fingerprint density at radius 2 is 1.81 bits per heavy atom. The van der Waals surface area contributed by atoms with Gasteiger partial charge in [0.25, 0.3) is 0 Å². The molecule has 0 spiro atoms. The maximum atomic E-state index is 12.5. The molecule has 3 aromatic heterocycles. The summed E-state index contributed by atoms with van der Waals surface area (Å²) >= 11 is 1.35. The number of Topliss-reactive ketones (excluding diaryl/α,β-unsaturated/α-hetero) is 1. The SMILES string of the molecule is Cc1ccc(C(=O)CSc2nnc(-c3ccco3)n2Cc2ccco2)cc1. The Labute approximate surface area is 160 Å². The van der Waals surface area contributed by atoms with Crippen molar-refractivity contribution in [2.75, 3.05) is 5.75 Å². The second kappa shape index (κ2) is 7.67. The van der Waals surface area contributed by atoms with E-state index in [0.29, 0.717) is 28.8 Å². The number of rotatable bonds is 7. The van der Waals surface area contributed by atoms with Crippen LogP contribution in [0.3, 0.4) is 0 Å². The predicted octanol–water partition coefficient (Wildman–Crippen LogP) is 4.46. The number of aryl methyl sites for hydroxylation is 1. The van der Waals surface area contributed by atoms with Crippen LogP contribution >= 0.6 is 11.8 Å². The van der Waals surface area contributed by atoms with E-state index >= 15 is 0 Å². The van der Waals surface area contributed by atoms with Gasteiger partial charge in [-0.05, 0) is 31.2 Å². The lowest BCUT2D eigenvalue weighted by Gasteiger charge is -2.07. The van der Waals surface area contributed by atoms with Crippen LogP contribution in [0.4, 0.5) is 0 Å². The van der Waals surface area contributed by atoms with Gasteiger partial charge in [-0.25, -0.2) is 0 Å². The molecule has 0 aliphatic heterocycles. The minimum Gasteiger partial charge on any atom is -0.467 e. The highest BCUT2D eigenvalue weighted by Crippen LogP contribution is 2.26. The Balaban J connectivity index is 1.56. The Hall–Kier alpha value is -3.06. The van der Waals surface area contributed by atoms with Crippen LogP contribution in [0, 0.1) is 6.92 Å². The van der Waals surface area contributed by atoms with Crippen LogP contribution in [-0.4, -0.2) is 26.3 Å². The Morgan fingerprint density at radius 3 is 2.52 bits per heavy atom. The third-order valence-corrected chi connectivity index (χ3v) is 5.03. The zero-order chi connectivity index (χ0) is 18.6. The fraction of sp³-hybridized carbons (Fsp3) is 0.150. The summed E-state index contributed by atoms with van der Waals surface area (Å²) in [6.07, 6.45) is 3.22. The van der Waals surface area contributed by atoms with Crippen molar-refractivity contribution in [1.82, 2.24) is 14.8 Å². The number of thioether (sulfide) groups is 1. The summed E-state index contributed by atoms with van der Waals surface area (Å²) in [4.78, 5) is 12.5. The van der Waals surface area contributed by atoms with Crippen molar-refractivity contribution < 1.29 is 13.6 Å². The smallest absolute Gasteiger partial charge is 0.200 e. The molecule has 0 bridgehead atoms. The fourth-order valence-electron chi connectivity index (χ4n) is 2.64. The molecule has 0 unspecified atom stereocenters. The highest BCUT2D eigenvalue weighted by atomic mass is 32.2. The number of hydrogen-bond acceptors (Lipinski definition) is 6. The van der Waals surface area contributed by atoms with Gasteiger partial charge in [0.2, 0.25) is 5.82 Å². The van der Waals surface area contributed by atoms with Gasteiger partial charge < -0.3 is 8.83 Å². The molecule has 7 heteroatoms. The average Bonchev–Trinajstić information content (AvgIpc) is 3.43. The molecule has 6 nitrogen and oxygen atoms in total. The number of furan rings is 2. The van der Waals surface area contributed by atoms with Crippen LogP contribution in [0.2, 0.25) is 0 Å². The van der Waals surface area contributed by atoms with E-state index in [-0.39, 0.29) is 11.5 Å². The first-order valence-electron chi connectivity index (χ1n) is 8.43. The van der Waals surface area contributed by atoms with Crippen LogP contribution in [0.5, 0.6) is 0 Å². The maximum Gasteiger partial charge on any atom is 0.200 e. The van der Waals surface area contributed by atoms with Gasteiger partial charge in [-0.2, -0.15) is 0 Å². The van der Waals surface area contributed by atoms with Crippen LogP contribution < -0.4 is 0 Å². The summed E-state index contributed by atoms with van der Waals surface area (Å²) < 4.78 is 12.8. The van der Waals surface area contributed by atoms with E-state index in [4.69, 9.17) is 8.83 Å². The first kappa shape index (κ1) is 17.4. The van der Waals surface area contributed by atoms with E-state index in [1.54, 1.807) is 18.6 Å². The summed E-state index contributed by atoms with van der Waals surface area (Å²) in [5, 5.41) is 9.14. The highest BCUT2D eigenvalue weighted by molar-refractivity contribution is 7.99. The largest absolute Gasteiger partial charge is 0.467 e. The lowest BCUT2D eigenvalue weighted by molar-refractivity contribution is 0.102. The number of aromatic nitrogens is 3. The van der Waals surface area contributed by atoms with Gasteiger partial charge in [-0.3, -0.25) is 9.36 Å². The van der Waals surface area contributed by atoms with Crippen molar-refractivity contribution in [2.45, 2.75) is 18.6 Å². The highest BCUT2D eigenvalue weighted by Gasteiger charge is 2.19. The number of carbonyl (C=O) groups is 1. The minimum atomic E-state index is 0.0482. The molecule has 0 radical (unpaired) electrons. The molecule has 0 saturated heterocycles. The molecule has 4 rings (SSSR count). The van der Waals surface area contributed by atoms with Crippen LogP contribution in [0.1, 0.15) is 21.7 Å². The number of hydrogen-bond donors (Lipinski definition) is 0. The lowest BCUT2D eigenvalue weighted by atomic mass is 10.1. The Kier molecular flexibility index (Phi) is 4.93. The van der Waals surface area contributed by atoms with Crippen LogP contribution in [-0.2, 0) is 6.54 Å². The van der Waals surface area contributed by atoms with Crippen molar-refractivity contribution in [3.8, 4) is 11.6 Å². The van der Waals surface area contributed by atoms with Crippen molar-refractivity contribution >= 4 is 17.5 Å². The molecular weight excluding hydrogens is 362 g/mol. The topological polar surface area (TPSA) is 74.1 Å². The summed E-state index contributed by atoms with van der Waals surface area (Å²) in [6, 6.07) is 14.9. The molecular formula is C20H17N3O3S. The van der Waals surface area contributed by atoms with E-state index in [1.165, 1.54) is 11.8 Å². The summed E-state index contributed by atoms with van der Waals surface area (Å²) in [5.74, 6) is 2.31. The zero-order valence-electron chi connectivity index (χ0n) is 14.7. The second-order valence-corrected chi connectivity index (χ2v) is 6.97. The van der Waals surface area contributed by atoms with Crippen LogP contribution in [0.15, 0.2) is 75.0 Å². The van der Waals surface area contributed by atoms with E-state index in [9.17, 15) is 4.79 Å². The zero-order valence-corrected chi connectivity index (χ0v) is 15.5. The van der Waals surface area contributed by atoms with Crippen molar-refractivity contribution in [2.24, 2.45) is 0 Å². The third kappa shape index (κ3) is 3.88. The Bertz CT molecular complexity index is 1020. The molecule has 1 aromatic carbocycles. The Morgan fingerprint density at radius 1 is 1.04 bits per heavy atom. The molecule has 27 heavy (non-hydrogen) atoms. The molecule has 0 N–H and O–H groups in total. The first-order chi connectivity index (χ1) is 13.2. The average molecular weight is 379 g/mol. The van der Waals surface area contributed by atoms with E-state index in [0.717, 1.165) is 11.3 Å². The minimum absolute atomic E-state index is 0.0482. The first-order valence-corrected chi connectivity index (χ1v) is 9.41. The molecule has 0 atom stereocenters. The molecule has 0 amide bonds. The normalized spacial score (nSPS) is 11.0. The van der Waals surface area contributed by atoms with Crippen LogP contribution in [0.25, 0.3) is 11.6 Å². The van der Waals surface area contributed by atoms with E-state index in [1.807, 2.05) is 54.0 Å². The summed E-state index contributed by atoms with van der Waals surface area (Å²) in [6.45, 7) is 2.45. The van der Waals surface area contributed by atoms with E-state index < -0.39 is 0 Å². The van der Waals surface area contributed by atoms with Crippen molar-refractivity contribution in [3.63, 3.8) is 0 Å². The quantitative estimate of drug-likeness (QED) is 0.349. The standard InChI is InChI=1S/C20H17N3O3S/c1-14-6-8-15(9-7-14)17(24)13-27-20-22-21-19(18-5-3-11-26-18)23(20)12-16-4-2-10-25-16/h2-11H,12-13H2,1H3. The monoisotopic (exact) mass is 379 g/mol. The molecule has 0 aliphatic rings. The maximum absolute atomic E-state index is 12.5. The van der Waals surface area contributed by atoms with Gasteiger partial charge in [-0.15, -0.1) is 10.2 Å². The van der Waals surface area contributed by atoms with Gasteiger partial charge in [0, 0.05) is 5.56 Å². The van der Waals surface area contributed by atoms with Crippen molar-refractivity contribution in [3.05, 3.63) is 77.9 Å². The molecule has 136 valence electrons. The third-order valence-electron chi connectivity index (χ3n) is 4.06. The second-order valence-electron chi connectivity index (χ2n) is 6.03. The molecule has 4 aromatic rings. The summed E-state index contributed by atoms with van der Waals surface area (Å²) in [5.41, 5.74) is 1.82. The molecule has 0 saturated carbocycles. The van der Waals surface area contributed by atoms with Gasteiger partial charge in [-0.1, -0.05) is 41.6 Å². The summed E-state index contributed by atoms with van der Waals surface area (Å²) in [7, 11) is 0. The molecule has 3 heterocycles. The number of nitrogens with zero attached hydrogens (tertiary/aromatic N) is 3. The van der Waals surface area contributed by atoms with Gasteiger partial charge in [0.05, 0.1) is 24.8 Å². The van der Waals surface area contributed by atoms with E-state index in [2.05, 4.69) is 10.2 Å². The van der Waals surface area contributed by atoms with Crippen molar-refractivity contribution in [1.29, 1.82) is 0 Å². The number of carbonyl (C=O) groups excluding carboxylic acids is 1. The lowest BCUT2D eigenvalue weighted by Crippen LogP contribution is -2.06. The van der Waals surface area contributed by atoms with Gasteiger partial charge in [0.1, 0.15) is 5.76 Å². The molecule has 0 aliphatic carbocycles. The van der Waals surface area contributed by atoms with Gasteiger partial charge >= 0.3 is 0 Å².